The molecule has 1 unspecified atom stereocenters. The Morgan fingerprint density at radius 3 is 2.81 bits per heavy atom. The number of benzene rings is 1. The third-order valence-corrected chi connectivity index (χ3v) is 5.05. The predicted molar refractivity (Wildman–Crippen MR) is 99.4 cm³/mol. The first-order valence-corrected chi connectivity index (χ1v) is 8.93. The van der Waals surface area contributed by atoms with Crippen molar-refractivity contribution in [1.29, 1.82) is 0 Å². The number of rotatable bonds is 5. The van der Waals surface area contributed by atoms with Gasteiger partial charge in [-0.2, -0.15) is 4.98 Å². The fourth-order valence-corrected chi connectivity index (χ4v) is 4.06. The molecule has 1 aliphatic rings. The second-order valence-electron chi connectivity index (χ2n) is 7.72. The number of aromatic amines is 1. The molecule has 0 radical (unpaired) electrons. The van der Waals surface area contributed by atoms with Crippen molar-refractivity contribution in [1.82, 2.24) is 20.5 Å². The van der Waals surface area contributed by atoms with Crippen molar-refractivity contribution in [3.63, 3.8) is 0 Å². The number of hydrogen-bond acceptors (Lipinski definition) is 5. The topological polar surface area (TPSA) is 106 Å². The minimum atomic E-state index is -0.264. The number of nitrogens with two attached hydrogens (primary N) is 1. The number of H-pyrrole nitrogens is 1. The molecule has 0 saturated carbocycles. The molecule has 1 atom stereocenters. The van der Waals surface area contributed by atoms with E-state index in [4.69, 9.17) is 10.5 Å². The number of nitrogens with one attached hydrogen (secondary N) is 2. The lowest BCUT2D eigenvalue weighted by Gasteiger charge is -2.45. The van der Waals surface area contributed by atoms with Crippen molar-refractivity contribution in [2.24, 2.45) is 0 Å². The number of anilines is 1. The zero-order valence-electron chi connectivity index (χ0n) is 15.6. The minimum absolute atomic E-state index is 0.0130. The Morgan fingerprint density at radius 2 is 2.15 bits per heavy atom. The third kappa shape index (κ3) is 4.04. The molecule has 2 aromatic rings. The van der Waals surface area contributed by atoms with Crippen molar-refractivity contribution in [2.45, 2.75) is 57.6 Å². The highest BCUT2D eigenvalue weighted by molar-refractivity contribution is 5.77. The summed E-state index contributed by atoms with van der Waals surface area (Å²) in [6.07, 6.45) is 2.03. The second kappa shape index (κ2) is 7.07. The van der Waals surface area contributed by atoms with E-state index in [0.717, 1.165) is 12.8 Å². The molecule has 3 rings (SSSR count). The normalized spacial score (nSPS) is 22.1. The highest BCUT2D eigenvalue weighted by atomic mass is 16.5. The number of hydrogen-bond donors (Lipinski definition) is 3. The van der Waals surface area contributed by atoms with Crippen LogP contribution in [-0.2, 0) is 21.5 Å². The van der Waals surface area contributed by atoms with Crippen LogP contribution < -0.4 is 11.1 Å². The lowest BCUT2D eigenvalue weighted by Crippen LogP contribution is -2.46. The van der Waals surface area contributed by atoms with Gasteiger partial charge in [0, 0.05) is 18.4 Å². The molecule has 1 fully saturated rings. The first-order valence-electron chi connectivity index (χ1n) is 8.93. The quantitative estimate of drug-likeness (QED) is 0.761. The number of nitrogen functional groups attached to an aromatic ring is 1. The number of ether oxygens (including phenoxy) is 1. The number of carbonyl (C=O) groups excluding carboxylic acids is 1. The summed E-state index contributed by atoms with van der Waals surface area (Å²) in [6.45, 7) is 7.22. The van der Waals surface area contributed by atoms with Gasteiger partial charge in [-0.1, -0.05) is 24.3 Å². The maximum Gasteiger partial charge on any atom is 0.239 e. The first kappa shape index (κ1) is 18.4. The van der Waals surface area contributed by atoms with Crippen LogP contribution in [0.15, 0.2) is 24.3 Å². The van der Waals surface area contributed by atoms with Crippen LogP contribution in [0.2, 0.25) is 0 Å². The van der Waals surface area contributed by atoms with Crippen LogP contribution in [-0.4, -0.2) is 33.3 Å². The molecule has 1 aromatic carbocycles. The highest BCUT2D eigenvalue weighted by Crippen LogP contribution is 2.45. The maximum atomic E-state index is 12.7. The summed E-state index contributed by atoms with van der Waals surface area (Å²) in [4.78, 5) is 16.8. The van der Waals surface area contributed by atoms with E-state index in [2.05, 4.69) is 53.4 Å². The fourth-order valence-electron chi connectivity index (χ4n) is 4.06. The Labute approximate surface area is 153 Å². The molecule has 0 aliphatic carbocycles. The van der Waals surface area contributed by atoms with Gasteiger partial charge in [-0.3, -0.25) is 9.89 Å². The smallest absolute Gasteiger partial charge is 0.239 e. The number of aryl methyl sites for hydroxylation is 1. The van der Waals surface area contributed by atoms with E-state index in [1.165, 1.54) is 11.1 Å². The van der Waals surface area contributed by atoms with Crippen LogP contribution in [0.1, 0.15) is 50.1 Å². The van der Waals surface area contributed by atoms with E-state index in [0.29, 0.717) is 18.9 Å². The Balaban J connectivity index is 1.80. The summed E-state index contributed by atoms with van der Waals surface area (Å²) >= 11 is 0. The molecule has 1 amide bonds. The molecule has 7 nitrogen and oxygen atoms in total. The molecular weight excluding hydrogens is 330 g/mol. The van der Waals surface area contributed by atoms with Crippen LogP contribution in [0, 0.1) is 6.92 Å². The van der Waals surface area contributed by atoms with Crippen molar-refractivity contribution in [2.75, 3.05) is 12.3 Å². The number of aromatic nitrogens is 3. The van der Waals surface area contributed by atoms with Crippen molar-refractivity contribution >= 4 is 11.9 Å². The highest BCUT2D eigenvalue weighted by Gasteiger charge is 2.44. The van der Waals surface area contributed by atoms with Crippen molar-refractivity contribution < 1.29 is 9.53 Å². The van der Waals surface area contributed by atoms with Gasteiger partial charge >= 0.3 is 0 Å². The number of amides is 1. The largest absolute Gasteiger partial charge is 0.376 e. The standard InChI is InChI=1S/C19H27N5O2/c1-13-6-4-5-7-14(13)19(8-9-26-18(2,3)12-19)10-16(25)21-11-15-22-17(20)24-23-15/h4-7H,8-12H2,1-3H3,(H,21,25)(H3,20,22,23,24). The van der Waals surface area contributed by atoms with Crippen LogP contribution in [0.3, 0.4) is 0 Å². The molecule has 0 bridgehead atoms. The zero-order valence-corrected chi connectivity index (χ0v) is 15.6. The Hall–Kier alpha value is -2.41. The van der Waals surface area contributed by atoms with Gasteiger partial charge in [0.15, 0.2) is 0 Å². The average Bonchev–Trinajstić information content (AvgIpc) is 2.98. The summed E-state index contributed by atoms with van der Waals surface area (Å²) in [6, 6.07) is 8.32. The third-order valence-electron chi connectivity index (χ3n) is 5.05. The van der Waals surface area contributed by atoms with Gasteiger partial charge in [-0.25, -0.2) is 0 Å². The van der Waals surface area contributed by atoms with Gasteiger partial charge < -0.3 is 15.8 Å². The van der Waals surface area contributed by atoms with E-state index in [1.807, 2.05) is 12.1 Å². The lowest BCUT2D eigenvalue weighted by molar-refractivity contribution is -0.126. The first-order chi connectivity index (χ1) is 12.3. The second-order valence-corrected chi connectivity index (χ2v) is 7.72. The van der Waals surface area contributed by atoms with Gasteiger partial charge in [0.2, 0.25) is 11.9 Å². The molecule has 7 heteroatoms. The van der Waals surface area contributed by atoms with Gasteiger partial charge in [0.05, 0.1) is 12.1 Å². The summed E-state index contributed by atoms with van der Waals surface area (Å²) in [7, 11) is 0. The van der Waals surface area contributed by atoms with Crippen molar-refractivity contribution in [3.8, 4) is 0 Å². The van der Waals surface area contributed by atoms with Crippen molar-refractivity contribution in [3.05, 3.63) is 41.2 Å². The van der Waals surface area contributed by atoms with Gasteiger partial charge in [-0.05, 0) is 44.7 Å². The van der Waals surface area contributed by atoms with E-state index < -0.39 is 0 Å². The molecule has 1 aromatic heterocycles. The van der Waals surface area contributed by atoms with E-state index in [9.17, 15) is 4.79 Å². The van der Waals surface area contributed by atoms with E-state index in [1.54, 1.807) is 0 Å². The lowest BCUT2D eigenvalue weighted by atomic mass is 9.66. The minimum Gasteiger partial charge on any atom is -0.376 e. The Bertz CT molecular complexity index is 786. The summed E-state index contributed by atoms with van der Waals surface area (Å²) in [5.74, 6) is 0.714. The maximum absolute atomic E-state index is 12.7. The van der Waals surface area contributed by atoms with Crippen LogP contribution >= 0.6 is 0 Å². The van der Waals surface area contributed by atoms with Gasteiger partial charge in [-0.15, -0.1) is 5.10 Å². The van der Waals surface area contributed by atoms with Crippen LogP contribution in [0.25, 0.3) is 0 Å². The van der Waals surface area contributed by atoms with E-state index >= 15 is 0 Å². The number of carbonyl (C=O) groups is 1. The fraction of sp³-hybridized carbons (Fsp3) is 0.526. The molecule has 1 saturated heterocycles. The number of nitrogens with zero attached hydrogens (tertiary/aromatic N) is 2. The average molecular weight is 357 g/mol. The van der Waals surface area contributed by atoms with Gasteiger partial charge in [0.25, 0.3) is 0 Å². The van der Waals surface area contributed by atoms with Crippen LogP contribution in [0.4, 0.5) is 5.95 Å². The molecule has 140 valence electrons. The molecule has 1 aliphatic heterocycles. The molecule has 2 heterocycles. The summed E-state index contributed by atoms with van der Waals surface area (Å²) < 4.78 is 5.93. The summed E-state index contributed by atoms with van der Waals surface area (Å²) in [5.41, 5.74) is 7.44. The Morgan fingerprint density at radius 1 is 1.38 bits per heavy atom. The monoisotopic (exact) mass is 357 g/mol. The predicted octanol–water partition coefficient (Wildman–Crippen LogP) is 2.23. The molecule has 0 spiro atoms. The molecular formula is C19H27N5O2. The SMILES string of the molecule is Cc1ccccc1C1(CC(=O)NCc2nc(N)n[nH]2)CCOC(C)(C)C1. The molecule has 26 heavy (non-hydrogen) atoms. The Kier molecular flexibility index (Phi) is 5.00. The molecule has 4 N–H and O–H groups in total. The zero-order chi connectivity index (χ0) is 18.8. The van der Waals surface area contributed by atoms with E-state index in [-0.39, 0.29) is 29.4 Å². The van der Waals surface area contributed by atoms with Crippen LogP contribution in [0.5, 0.6) is 0 Å². The van der Waals surface area contributed by atoms with Gasteiger partial charge in [0.1, 0.15) is 5.82 Å². The summed E-state index contributed by atoms with van der Waals surface area (Å²) in [5, 5.41) is 9.41.